The smallest absolute Gasteiger partial charge is 0.244 e. The molecule has 2 aromatic carbocycles. The molecule has 10 heteroatoms. The molecule has 2 heterocycles. The van der Waals surface area contributed by atoms with E-state index < -0.39 is 10.0 Å². The predicted molar refractivity (Wildman–Crippen MR) is 148 cm³/mol. The van der Waals surface area contributed by atoms with Crippen LogP contribution in [-0.2, 0) is 22.0 Å². The summed E-state index contributed by atoms with van der Waals surface area (Å²) >= 11 is 0. The van der Waals surface area contributed by atoms with E-state index in [0.717, 1.165) is 36.9 Å². The summed E-state index contributed by atoms with van der Waals surface area (Å²) < 4.78 is 43.0. The van der Waals surface area contributed by atoms with Gasteiger partial charge in [-0.2, -0.15) is 0 Å². The second-order valence-corrected chi connectivity index (χ2v) is 12.9. The summed E-state index contributed by atoms with van der Waals surface area (Å²) in [6.45, 7) is 10.2. The van der Waals surface area contributed by atoms with Crippen LogP contribution in [0.5, 0.6) is 5.75 Å². The second kappa shape index (κ2) is 10.6. The highest BCUT2D eigenvalue weighted by Crippen LogP contribution is 2.34. The minimum Gasteiger partial charge on any atom is -0.486 e. The maximum Gasteiger partial charge on any atom is 0.244 e. The molecule has 0 unspecified atom stereocenters. The summed E-state index contributed by atoms with van der Waals surface area (Å²) in [6.07, 6.45) is 5.49. The number of nitrogens with zero attached hydrogens (tertiary/aromatic N) is 4. The lowest BCUT2D eigenvalue weighted by atomic mass is 9.87. The van der Waals surface area contributed by atoms with E-state index in [4.69, 9.17) is 9.26 Å². The number of aryl methyl sites for hydroxylation is 2. The number of hydrogen-bond acceptors (Lipinski definition) is 7. The van der Waals surface area contributed by atoms with E-state index in [0.29, 0.717) is 22.7 Å². The van der Waals surface area contributed by atoms with Crippen molar-refractivity contribution in [3.63, 3.8) is 0 Å². The number of aromatic nitrogens is 4. The molecule has 5 rings (SSSR count). The highest BCUT2D eigenvalue weighted by molar-refractivity contribution is 7.89. The van der Waals surface area contributed by atoms with Crippen LogP contribution >= 0.6 is 0 Å². The van der Waals surface area contributed by atoms with E-state index in [1.807, 2.05) is 32.0 Å². The minimum atomic E-state index is -3.84. The van der Waals surface area contributed by atoms with Gasteiger partial charge in [0.15, 0.2) is 0 Å². The first-order valence-electron chi connectivity index (χ1n) is 13.3. The van der Waals surface area contributed by atoms with Crippen LogP contribution < -0.4 is 9.46 Å². The van der Waals surface area contributed by atoms with Crippen molar-refractivity contribution in [2.45, 2.75) is 83.3 Å². The molecule has 0 radical (unpaired) electrons. The van der Waals surface area contributed by atoms with E-state index >= 15 is 0 Å². The number of sulfonamides is 1. The molecule has 9 nitrogen and oxygen atoms in total. The Morgan fingerprint density at radius 3 is 2.44 bits per heavy atom. The summed E-state index contributed by atoms with van der Waals surface area (Å²) in [5, 5.41) is 12.5. The molecule has 1 aliphatic carbocycles. The third-order valence-corrected chi connectivity index (χ3v) is 8.69. The fourth-order valence-corrected chi connectivity index (χ4v) is 6.45. The molecule has 1 aliphatic rings. The summed E-state index contributed by atoms with van der Waals surface area (Å²) in [4.78, 5) is 0.0806. The van der Waals surface area contributed by atoms with Crippen LogP contribution in [0.15, 0.2) is 58.1 Å². The molecule has 206 valence electrons. The van der Waals surface area contributed by atoms with E-state index in [1.165, 1.54) is 5.56 Å². The standard InChI is InChI=1S/C29H35N5O4S/c1-19-28(20(2)38-31-19)21-10-15-26(27(16-21)39(35,36)32-23-8-6-7-9-23)37-18-24-17-34(33-30-24)25-13-11-22(12-14-25)29(3,4)5/h10-17,23,32H,6-9,18H2,1-5H3. The molecule has 0 amide bonds. The van der Waals surface area contributed by atoms with Crippen molar-refractivity contribution in [2.75, 3.05) is 0 Å². The number of rotatable bonds is 8. The number of ether oxygens (including phenoxy) is 1. The summed E-state index contributed by atoms with van der Waals surface area (Å²) in [7, 11) is -3.84. The Morgan fingerprint density at radius 2 is 1.79 bits per heavy atom. The molecule has 2 aromatic heterocycles. The van der Waals surface area contributed by atoms with Crippen molar-refractivity contribution in [3.05, 3.63) is 71.4 Å². The lowest BCUT2D eigenvalue weighted by Crippen LogP contribution is -2.33. The van der Waals surface area contributed by atoms with Crippen molar-refractivity contribution in [2.24, 2.45) is 0 Å². The number of hydrogen-bond donors (Lipinski definition) is 1. The third-order valence-electron chi connectivity index (χ3n) is 7.15. The van der Waals surface area contributed by atoms with Gasteiger partial charge in [-0.15, -0.1) is 5.10 Å². The molecular weight excluding hydrogens is 514 g/mol. The highest BCUT2D eigenvalue weighted by atomic mass is 32.2. The van der Waals surface area contributed by atoms with Crippen LogP contribution in [0.2, 0.25) is 0 Å². The van der Waals surface area contributed by atoms with E-state index in [1.54, 1.807) is 23.0 Å². The van der Waals surface area contributed by atoms with Gasteiger partial charge in [0.2, 0.25) is 10.0 Å². The second-order valence-electron chi connectivity index (χ2n) is 11.2. The van der Waals surface area contributed by atoms with Gasteiger partial charge in [-0.1, -0.05) is 62.2 Å². The fourth-order valence-electron chi connectivity index (χ4n) is 4.97. The Bertz CT molecular complexity index is 1540. The first-order chi connectivity index (χ1) is 18.5. The zero-order valence-corrected chi connectivity index (χ0v) is 23.9. The molecule has 1 fully saturated rings. The lowest BCUT2D eigenvalue weighted by molar-refractivity contribution is 0.293. The van der Waals surface area contributed by atoms with Gasteiger partial charge >= 0.3 is 0 Å². The Labute approximate surface area is 229 Å². The van der Waals surface area contributed by atoms with Gasteiger partial charge < -0.3 is 9.26 Å². The van der Waals surface area contributed by atoms with Gasteiger partial charge in [0.1, 0.15) is 28.7 Å². The molecule has 0 spiro atoms. The Morgan fingerprint density at radius 1 is 1.08 bits per heavy atom. The number of nitrogens with one attached hydrogen (secondary N) is 1. The zero-order valence-electron chi connectivity index (χ0n) is 23.1. The first kappa shape index (κ1) is 27.1. The van der Waals surface area contributed by atoms with Crippen LogP contribution in [0, 0.1) is 13.8 Å². The van der Waals surface area contributed by atoms with Crippen LogP contribution in [-0.4, -0.2) is 34.6 Å². The molecule has 0 bridgehead atoms. The highest BCUT2D eigenvalue weighted by Gasteiger charge is 2.27. The van der Waals surface area contributed by atoms with Crippen LogP contribution in [0.1, 0.15) is 69.2 Å². The van der Waals surface area contributed by atoms with Crippen molar-refractivity contribution in [1.82, 2.24) is 24.9 Å². The Hall–Kier alpha value is -3.50. The topological polar surface area (TPSA) is 112 Å². The van der Waals surface area contributed by atoms with Crippen molar-refractivity contribution >= 4 is 10.0 Å². The molecule has 4 aromatic rings. The maximum absolute atomic E-state index is 13.5. The summed E-state index contributed by atoms with van der Waals surface area (Å²) in [5.74, 6) is 0.875. The van der Waals surface area contributed by atoms with Crippen molar-refractivity contribution in [1.29, 1.82) is 0 Å². The summed E-state index contributed by atoms with van der Waals surface area (Å²) in [5.41, 5.74) is 4.93. The van der Waals surface area contributed by atoms with Gasteiger partial charge in [-0.25, -0.2) is 17.8 Å². The summed E-state index contributed by atoms with van der Waals surface area (Å²) in [6, 6.07) is 13.2. The van der Waals surface area contributed by atoms with Gasteiger partial charge in [-0.3, -0.25) is 0 Å². The van der Waals surface area contributed by atoms with Gasteiger partial charge in [0.25, 0.3) is 0 Å². The largest absolute Gasteiger partial charge is 0.486 e. The quantitative estimate of drug-likeness (QED) is 0.303. The van der Waals surface area contributed by atoms with Gasteiger partial charge in [0.05, 0.1) is 17.6 Å². The minimum absolute atomic E-state index is 0.0611. The van der Waals surface area contributed by atoms with Gasteiger partial charge in [0, 0.05) is 11.6 Å². The zero-order chi connectivity index (χ0) is 27.8. The SMILES string of the molecule is Cc1noc(C)c1-c1ccc(OCc2cn(-c3ccc(C(C)(C)C)cc3)nn2)c(S(=O)(=O)NC2CCCC2)c1. The van der Waals surface area contributed by atoms with Crippen molar-refractivity contribution in [3.8, 4) is 22.6 Å². The Balaban J connectivity index is 1.40. The maximum atomic E-state index is 13.5. The average molecular weight is 550 g/mol. The molecule has 0 saturated heterocycles. The van der Waals surface area contributed by atoms with E-state index in [9.17, 15) is 8.42 Å². The molecule has 1 saturated carbocycles. The third kappa shape index (κ3) is 5.91. The fraction of sp³-hybridized carbons (Fsp3) is 0.414. The van der Waals surface area contributed by atoms with E-state index in [-0.39, 0.29) is 28.7 Å². The Kier molecular flexibility index (Phi) is 7.35. The van der Waals surface area contributed by atoms with Crippen LogP contribution in [0.4, 0.5) is 0 Å². The van der Waals surface area contributed by atoms with Crippen LogP contribution in [0.25, 0.3) is 16.8 Å². The normalized spacial score (nSPS) is 14.7. The predicted octanol–water partition coefficient (Wildman–Crippen LogP) is 5.64. The first-order valence-corrected chi connectivity index (χ1v) is 14.7. The molecule has 39 heavy (non-hydrogen) atoms. The molecule has 0 atom stereocenters. The molecular formula is C29H35N5O4S. The average Bonchev–Trinajstić information content (AvgIpc) is 3.64. The number of benzene rings is 2. The monoisotopic (exact) mass is 549 g/mol. The van der Waals surface area contributed by atoms with Gasteiger partial charge in [-0.05, 0) is 67.5 Å². The molecule has 0 aliphatic heterocycles. The lowest BCUT2D eigenvalue weighted by Gasteiger charge is -2.19. The van der Waals surface area contributed by atoms with Crippen molar-refractivity contribution < 1.29 is 17.7 Å². The molecule has 1 N–H and O–H groups in total. The van der Waals surface area contributed by atoms with E-state index in [2.05, 4.69) is 53.1 Å². The van der Waals surface area contributed by atoms with Crippen LogP contribution in [0.3, 0.4) is 0 Å².